The minimum absolute atomic E-state index is 1.13. The summed E-state index contributed by atoms with van der Waals surface area (Å²) < 4.78 is 2.40. The molecule has 0 radical (unpaired) electrons. The zero-order chi connectivity index (χ0) is 34.2. The maximum absolute atomic E-state index is 2.40. The molecule has 2 heteroatoms. The lowest BCUT2D eigenvalue weighted by molar-refractivity contribution is 1.19. The number of aromatic nitrogens is 1. The van der Waals surface area contributed by atoms with Crippen molar-refractivity contribution in [3.8, 4) is 39.1 Å². The number of benzene rings is 9. The summed E-state index contributed by atoms with van der Waals surface area (Å²) in [5.74, 6) is 0. The lowest BCUT2D eigenvalue weighted by Gasteiger charge is -2.28. The quantitative estimate of drug-likeness (QED) is 0.178. The summed E-state index contributed by atoms with van der Waals surface area (Å²) in [5.41, 5.74) is 14.8. The van der Waals surface area contributed by atoms with Crippen molar-refractivity contribution in [1.29, 1.82) is 0 Å². The fraction of sp³-hybridized carbons (Fsp3) is 0. The van der Waals surface area contributed by atoms with Crippen LogP contribution < -0.4 is 4.90 Å². The van der Waals surface area contributed by atoms with Crippen molar-refractivity contribution in [2.75, 3.05) is 4.90 Å². The van der Waals surface area contributed by atoms with Gasteiger partial charge in [-0.1, -0.05) is 109 Å². The van der Waals surface area contributed by atoms with Crippen molar-refractivity contribution in [3.05, 3.63) is 194 Å². The van der Waals surface area contributed by atoms with Gasteiger partial charge in [0.05, 0.1) is 11.0 Å². The minimum atomic E-state index is 1.13. The third-order valence-corrected chi connectivity index (χ3v) is 10.8. The molecule has 0 aliphatic heterocycles. The van der Waals surface area contributed by atoms with Crippen LogP contribution in [0.2, 0.25) is 0 Å². The van der Waals surface area contributed by atoms with Gasteiger partial charge in [-0.25, -0.2) is 0 Å². The molecule has 0 fully saturated rings. The highest BCUT2D eigenvalue weighted by molar-refractivity contribution is 6.13. The molecule has 0 bridgehead atoms. The Labute approximate surface area is 302 Å². The van der Waals surface area contributed by atoms with E-state index in [9.17, 15) is 0 Å². The summed E-state index contributed by atoms with van der Waals surface area (Å²) in [4.78, 5) is 2.35. The van der Waals surface area contributed by atoms with E-state index in [1.807, 2.05) is 0 Å². The van der Waals surface area contributed by atoms with Crippen molar-refractivity contribution in [3.63, 3.8) is 0 Å². The molecule has 242 valence electrons. The van der Waals surface area contributed by atoms with Gasteiger partial charge >= 0.3 is 0 Å². The molecule has 9 aromatic carbocycles. The van der Waals surface area contributed by atoms with Crippen LogP contribution in [0.1, 0.15) is 0 Å². The Hall–Kier alpha value is -6.90. The molecule has 0 N–H and O–H groups in total. The smallest absolute Gasteiger partial charge is 0.0541 e. The van der Waals surface area contributed by atoms with Gasteiger partial charge in [0.15, 0.2) is 0 Å². The predicted molar refractivity (Wildman–Crippen MR) is 220 cm³/mol. The monoisotopic (exact) mass is 660 g/mol. The summed E-state index contributed by atoms with van der Waals surface area (Å²) in [6, 6.07) is 70.9. The van der Waals surface area contributed by atoms with Crippen LogP contribution in [-0.2, 0) is 0 Å². The van der Waals surface area contributed by atoms with E-state index in [1.54, 1.807) is 0 Å². The molecule has 0 atom stereocenters. The second-order valence-corrected chi connectivity index (χ2v) is 13.8. The first-order valence-corrected chi connectivity index (χ1v) is 17.9. The maximum Gasteiger partial charge on any atom is 0.0541 e. The molecule has 10 aromatic rings. The molecule has 52 heavy (non-hydrogen) atoms. The van der Waals surface area contributed by atoms with Crippen molar-refractivity contribution in [2.24, 2.45) is 0 Å². The van der Waals surface area contributed by atoms with E-state index in [-0.39, 0.29) is 0 Å². The van der Waals surface area contributed by atoms with E-state index in [4.69, 9.17) is 0 Å². The Morgan fingerprint density at radius 2 is 0.769 bits per heavy atom. The average molecular weight is 661 g/mol. The lowest BCUT2D eigenvalue weighted by Crippen LogP contribution is -2.09. The molecule has 1 aliphatic rings. The van der Waals surface area contributed by atoms with Gasteiger partial charge in [-0.2, -0.15) is 0 Å². The van der Waals surface area contributed by atoms with Crippen molar-refractivity contribution in [2.45, 2.75) is 0 Å². The lowest BCUT2D eigenvalue weighted by atomic mass is 9.78. The second kappa shape index (κ2) is 11.3. The Morgan fingerprint density at radius 1 is 0.308 bits per heavy atom. The third kappa shape index (κ3) is 4.44. The molecule has 0 saturated carbocycles. The van der Waals surface area contributed by atoms with E-state index in [0.29, 0.717) is 0 Å². The highest BCUT2D eigenvalue weighted by Gasteiger charge is 2.24. The van der Waals surface area contributed by atoms with Crippen LogP contribution in [0.3, 0.4) is 0 Å². The van der Waals surface area contributed by atoms with Crippen molar-refractivity contribution >= 4 is 60.4 Å². The molecular weight excluding hydrogens is 629 g/mol. The third-order valence-electron chi connectivity index (χ3n) is 10.8. The molecular formula is C50H32N2. The average Bonchev–Trinajstić information content (AvgIpc) is 3.55. The van der Waals surface area contributed by atoms with Gasteiger partial charge in [-0.3, -0.25) is 0 Å². The summed E-state index contributed by atoms with van der Waals surface area (Å²) >= 11 is 0. The van der Waals surface area contributed by atoms with Crippen LogP contribution in [0.4, 0.5) is 17.1 Å². The fourth-order valence-electron chi connectivity index (χ4n) is 8.34. The first-order chi connectivity index (χ1) is 25.8. The van der Waals surface area contributed by atoms with Crippen LogP contribution in [0.25, 0.3) is 82.4 Å². The Morgan fingerprint density at radius 3 is 1.40 bits per heavy atom. The second-order valence-electron chi connectivity index (χ2n) is 13.8. The van der Waals surface area contributed by atoms with Gasteiger partial charge in [0.1, 0.15) is 0 Å². The molecule has 0 unspecified atom stereocenters. The van der Waals surface area contributed by atoms with Crippen LogP contribution in [0.5, 0.6) is 0 Å². The Kier molecular flexibility index (Phi) is 6.28. The van der Waals surface area contributed by atoms with Gasteiger partial charge in [0.2, 0.25) is 0 Å². The van der Waals surface area contributed by atoms with Crippen molar-refractivity contribution in [1.82, 2.24) is 4.57 Å². The number of rotatable bonds is 5. The van der Waals surface area contributed by atoms with E-state index >= 15 is 0 Å². The van der Waals surface area contributed by atoms with E-state index < -0.39 is 0 Å². The van der Waals surface area contributed by atoms with Crippen LogP contribution >= 0.6 is 0 Å². The van der Waals surface area contributed by atoms with Crippen LogP contribution in [0.15, 0.2) is 194 Å². The number of hydrogen-bond acceptors (Lipinski definition) is 1. The Bertz CT molecular complexity index is 2940. The van der Waals surface area contributed by atoms with Gasteiger partial charge in [-0.05, 0) is 140 Å². The van der Waals surface area contributed by atoms with Crippen LogP contribution in [0, 0.1) is 0 Å². The molecule has 1 aliphatic carbocycles. The van der Waals surface area contributed by atoms with Crippen molar-refractivity contribution < 1.29 is 0 Å². The molecule has 0 spiro atoms. The largest absolute Gasteiger partial charge is 0.310 e. The first-order valence-electron chi connectivity index (χ1n) is 17.9. The van der Waals surface area contributed by atoms with Gasteiger partial charge in [0.25, 0.3) is 0 Å². The highest BCUT2D eigenvalue weighted by Crippen LogP contribution is 2.51. The normalized spacial score (nSPS) is 11.8. The molecule has 0 amide bonds. The number of anilines is 3. The Balaban J connectivity index is 0.997. The van der Waals surface area contributed by atoms with Crippen LogP contribution in [-0.4, -0.2) is 4.57 Å². The fourth-order valence-corrected chi connectivity index (χ4v) is 8.34. The number of hydrogen-bond donors (Lipinski definition) is 0. The molecule has 0 saturated heterocycles. The number of fused-ring (bicyclic) bond motifs is 9. The van der Waals surface area contributed by atoms with E-state index in [0.717, 1.165) is 17.1 Å². The maximum atomic E-state index is 2.40. The molecule has 1 heterocycles. The highest BCUT2D eigenvalue weighted by atomic mass is 15.1. The van der Waals surface area contributed by atoms with Gasteiger partial charge in [0, 0.05) is 33.5 Å². The first kappa shape index (κ1) is 28.9. The SMILES string of the molecule is c1ccc(-c2ccc(N(c3ccccc3)c3ccc4cc5c(cc4c3)-c3cc4cc(-n6c7ccccc7c7ccccc76)ccc4cc3-5)cc2)cc1. The minimum Gasteiger partial charge on any atom is -0.310 e. The standard InChI is InChI=1S/C50H32N2/c1-3-11-33(12-4-1)34-19-23-40(24-20-34)51(39-13-5-2-6-14-39)41-25-21-35-29-45-46-30-36-22-26-42(28-38(36)32-48(46)47(45)31-37(35)27-41)52-49-17-9-7-15-43(49)44-16-8-10-18-50(44)52/h1-32H. The van der Waals surface area contributed by atoms with Gasteiger partial charge < -0.3 is 9.47 Å². The summed E-state index contributed by atoms with van der Waals surface area (Å²) in [6.07, 6.45) is 0. The summed E-state index contributed by atoms with van der Waals surface area (Å²) in [5, 5.41) is 7.58. The zero-order valence-electron chi connectivity index (χ0n) is 28.4. The number of para-hydroxylation sites is 3. The molecule has 1 aromatic heterocycles. The van der Waals surface area contributed by atoms with Gasteiger partial charge in [-0.15, -0.1) is 0 Å². The topological polar surface area (TPSA) is 8.17 Å². The molecule has 2 nitrogen and oxygen atoms in total. The predicted octanol–water partition coefficient (Wildman–Crippen LogP) is 13.9. The zero-order valence-corrected chi connectivity index (χ0v) is 28.4. The summed E-state index contributed by atoms with van der Waals surface area (Å²) in [7, 11) is 0. The molecule has 11 rings (SSSR count). The number of nitrogens with zero attached hydrogens (tertiary/aromatic N) is 2. The summed E-state index contributed by atoms with van der Waals surface area (Å²) in [6.45, 7) is 0. The van der Waals surface area contributed by atoms with E-state index in [1.165, 1.54) is 82.4 Å². The van der Waals surface area contributed by atoms with E-state index in [2.05, 4.69) is 204 Å².